The predicted molar refractivity (Wildman–Crippen MR) is 101 cm³/mol. The van der Waals surface area contributed by atoms with Crippen molar-refractivity contribution >= 4 is 22.4 Å². The van der Waals surface area contributed by atoms with Crippen LogP contribution in [0.15, 0.2) is 60.2 Å². The van der Waals surface area contributed by atoms with Gasteiger partial charge < -0.3 is 9.47 Å². The second-order valence-electron chi connectivity index (χ2n) is 5.81. The Labute approximate surface area is 150 Å². The van der Waals surface area contributed by atoms with Crippen LogP contribution in [0.3, 0.4) is 0 Å². The first-order valence-corrected chi connectivity index (χ1v) is 8.90. The summed E-state index contributed by atoms with van der Waals surface area (Å²) in [6.45, 7) is 2.67. The smallest absolute Gasteiger partial charge is 0.132 e. The molecule has 0 N–H and O–H groups in total. The third-order valence-corrected chi connectivity index (χ3v) is 5.12. The number of hydrogen-bond acceptors (Lipinski definition) is 4. The van der Waals surface area contributed by atoms with E-state index in [-0.39, 0.29) is 0 Å². The van der Waals surface area contributed by atoms with E-state index in [1.807, 2.05) is 48.1 Å². The van der Waals surface area contributed by atoms with E-state index in [0.717, 1.165) is 27.5 Å². The van der Waals surface area contributed by atoms with Gasteiger partial charge in [-0.1, -0.05) is 24.3 Å². The van der Waals surface area contributed by atoms with Gasteiger partial charge in [0.05, 0.1) is 18.1 Å². The van der Waals surface area contributed by atoms with Crippen LogP contribution in [0, 0.1) is 6.92 Å². The molecular weight excluding hydrogens is 332 g/mol. The Hall–Kier alpha value is -2.79. The lowest BCUT2D eigenvalue weighted by atomic mass is 10.1. The second kappa shape index (κ2) is 6.61. The van der Waals surface area contributed by atoms with E-state index < -0.39 is 0 Å². The highest BCUT2D eigenvalue weighted by Crippen LogP contribution is 2.29. The fourth-order valence-corrected chi connectivity index (χ4v) is 3.55. The SMILES string of the molecule is COc1ccc2c(c1)ncn2-c1cc(OCc2ccccc2C)cs1. The van der Waals surface area contributed by atoms with Crippen LogP contribution in [0.2, 0.25) is 0 Å². The van der Waals surface area contributed by atoms with E-state index in [1.165, 1.54) is 11.1 Å². The Bertz CT molecular complexity index is 1020. The van der Waals surface area contributed by atoms with Gasteiger partial charge in [0.25, 0.3) is 0 Å². The fraction of sp³-hybridized carbons (Fsp3) is 0.150. The van der Waals surface area contributed by atoms with Crippen LogP contribution in [0.4, 0.5) is 0 Å². The van der Waals surface area contributed by atoms with Gasteiger partial charge in [-0.25, -0.2) is 4.98 Å². The average Bonchev–Trinajstić information content (AvgIpc) is 3.27. The van der Waals surface area contributed by atoms with Gasteiger partial charge in [0.15, 0.2) is 0 Å². The van der Waals surface area contributed by atoms with Crippen LogP contribution < -0.4 is 9.47 Å². The minimum atomic E-state index is 0.574. The quantitative estimate of drug-likeness (QED) is 0.509. The normalized spacial score (nSPS) is 11.0. The van der Waals surface area contributed by atoms with Crippen molar-refractivity contribution in [3.8, 4) is 16.5 Å². The first-order chi connectivity index (χ1) is 12.2. The van der Waals surface area contributed by atoms with Crippen molar-refractivity contribution < 1.29 is 9.47 Å². The summed E-state index contributed by atoms with van der Waals surface area (Å²) in [5, 5.41) is 3.11. The highest BCUT2D eigenvalue weighted by Gasteiger charge is 2.09. The standard InChI is InChI=1S/C20H18N2O2S/c1-14-5-3-4-6-15(14)11-24-17-10-20(25-12-17)22-13-21-18-9-16(23-2)7-8-19(18)22/h3-10,12-13H,11H2,1-2H3. The average molecular weight is 350 g/mol. The molecule has 2 heterocycles. The van der Waals surface area contributed by atoms with Crippen molar-refractivity contribution in [1.29, 1.82) is 0 Å². The summed E-state index contributed by atoms with van der Waals surface area (Å²) in [5.41, 5.74) is 4.41. The summed E-state index contributed by atoms with van der Waals surface area (Å²) in [5.74, 6) is 1.68. The van der Waals surface area contributed by atoms with Crippen molar-refractivity contribution in [3.63, 3.8) is 0 Å². The number of aromatic nitrogens is 2. The summed E-state index contributed by atoms with van der Waals surface area (Å²) in [6.07, 6.45) is 1.83. The maximum absolute atomic E-state index is 5.96. The summed E-state index contributed by atoms with van der Waals surface area (Å²) >= 11 is 1.64. The molecule has 5 heteroatoms. The minimum Gasteiger partial charge on any atom is -0.497 e. The summed E-state index contributed by atoms with van der Waals surface area (Å²) in [7, 11) is 1.66. The molecule has 0 fully saturated rings. The van der Waals surface area contributed by atoms with Crippen LogP contribution in [0.1, 0.15) is 11.1 Å². The van der Waals surface area contributed by atoms with Crippen LogP contribution >= 0.6 is 11.3 Å². The van der Waals surface area contributed by atoms with Gasteiger partial charge in [0.2, 0.25) is 0 Å². The van der Waals surface area contributed by atoms with Gasteiger partial charge in [-0.15, -0.1) is 11.3 Å². The molecule has 25 heavy (non-hydrogen) atoms. The van der Waals surface area contributed by atoms with Crippen molar-refractivity contribution in [3.05, 3.63) is 71.4 Å². The zero-order valence-electron chi connectivity index (χ0n) is 14.1. The fourth-order valence-electron chi connectivity index (χ4n) is 2.74. The minimum absolute atomic E-state index is 0.574. The Morgan fingerprint density at radius 2 is 1.96 bits per heavy atom. The summed E-state index contributed by atoms with van der Waals surface area (Å²) < 4.78 is 13.3. The third kappa shape index (κ3) is 3.10. The van der Waals surface area contributed by atoms with Crippen LogP contribution in [-0.4, -0.2) is 16.7 Å². The van der Waals surface area contributed by atoms with Crippen molar-refractivity contribution in [2.45, 2.75) is 13.5 Å². The molecule has 0 saturated carbocycles. The maximum atomic E-state index is 5.96. The lowest BCUT2D eigenvalue weighted by molar-refractivity contribution is 0.307. The van der Waals surface area contributed by atoms with Gasteiger partial charge in [-0.3, -0.25) is 4.57 Å². The lowest BCUT2D eigenvalue weighted by Gasteiger charge is -2.06. The van der Waals surface area contributed by atoms with E-state index in [9.17, 15) is 0 Å². The molecule has 0 bridgehead atoms. The molecule has 0 amide bonds. The highest BCUT2D eigenvalue weighted by molar-refractivity contribution is 7.12. The topological polar surface area (TPSA) is 36.3 Å². The largest absolute Gasteiger partial charge is 0.497 e. The Balaban J connectivity index is 1.56. The number of aryl methyl sites for hydroxylation is 1. The van der Waals surface area contributed by atoms with Crippen LogP contribution in [0.5, 0.6) is 11.5 Å². The zero-order chi connectivity index (χ0) is 17.2. The molecular formula is C20H18N2O2S. The molecule has 0 aliphatic carbocycles. The van der Waals surface area contributed by atoms with Crippen molar-refractivity contribution in [1.82, 2.24) is 9.55 Å². The van der Waals surface area contributed by atoms with Gasteiger partial charge in [-0.2, -0.15) is 0 Å². The molecule has 0 aliphatic heterocycles. The number of methoxy groups -OCH3 is 1. The Kier molecular flexibility index (Phi) is 4.15. The first-order valence-electron chi connectivity index (χ1n) is 8.02. The molecule has 0 atom stereocenters. The van der Waals surface area contributed by atoms with Gasteiger partial charge in [-0.05, 0) is 30.2 Å². The number of rotatable bonds is 5. The number of ether oxygens (including phenoxy) is 2. The number of benzene rings is 2. The molecule has 2 aromatic heterocycles. The Morgan fingerprint density at radius 3 is 2.80 bits per heavy atom. The summed E-state index contributed by atoms with van der Waals surface area (Å²) in [6, 6.07) is 16.2. The molecule has 126 valence electrons. The molecule has 4 nitrogen and oxygen atoms in total. The van der Waals surface area contributed by atoms with Crippen molar-refractivity contribution in [2.75, 3.05) is 7.11 Å². The number of hydrogen-bond donors (Lipinski definition) is 0. The monoisotopic (exact) mass is 350 g/mol. The number of nitrogens with zero attached hydrogens (tertiary/aromatic N) is 2. The molecule has 0 unspecified atom stereocenters. The molecule has 0 saturated heterocycles. The van der Waals surface area contributed by atoms with E-state index in [2.05, 4.69) is 28.6 Å². The molecule has 4 rings (SSSR count). The van der Waals surface area contributed by atoms with Crippen LogP contribution in [-0.2, 0) is 6.61 Å². The third-order valence-electron chi connectivity index (χ3n) is 4.21. The zero-order valence-corrected chi connectivity index (χ0v) is 14.9. The van der Waals surface area contributed by atoms with Gasteiger partial charge >= 0.3 is 0 Å². The second-order valence-corrected chi connectivity index (χ2v) is 6.69. The first kappa shape index (κ1) is 15.7. The lowest BCUT2D eigenvalue weighted by Crippen LogP contribution is -1.96. The van der Waals surface area contributed by atoms with Gasteiger partial charge in [0, 0.05) is 17.5 Å². The number of fused-ring (bicyclic) bond motifs is 1. The highest BCUT2D eigenvalue weighted by atomic mass is 32.1. The van der Waals surface area contributed by atoms with Gasteiger partial charge in [0.1, 0.15) is 29.4 Å². The van der Waals surface area contributed by atoms with E-state index in [0.29, 0.717) is 6.61 Å². The van der Waals surface area contributed by atoms with E-state index >= 15 is 0 Å². The maximum Gasteiger partial charge on any atom is 0.132 e. The van der Waals surface area contributed by atoms with E-state index in [1.54, 1.807) is 18.4 Å². The predicted octanol–water partition coefficient (Wildman–Crippen LogP) is 4.98. The van der Waals surface area contributed by atoms with Crippen LogP contribution in [0.25, 0.3) is 16.0 Å². The molecule has 0 spiro atoms. The number of imidazole rings is 1. The van der Waals surface area contributed by atoms with Crippen molar-refractivity contribution in [2.24, 2.45) is 0 Å². The summed E-state index contributed by atoms with van der Waals surface area (Å²) in [4.78, 5) is 4.47. The molecule has 2 aromatic carbocycles. The van der Waals surface area contributed by atoms with E-state index in [4.69, 9.17) is 9.47 Å². The number of thiophene rings is 1. The Morgan fingerprint density at radius 1 is 1.08 bits per heavy atom. The molecule has 0 radical (unpaired) electrons. The molecule has 4 aromatic rings. The molecule has 0 aliphatic rings.